The first kappa shape index (κ1) is 37.7. The maximum Gasteiger partial charge on any atom is 0.303 e. The Morgan fingerprint density at radius 1 is 0.588 bits per heavy atom. The molecule has 0 radical (unpaired) electrons. The first-order valence-corrected chi connectivity index (χ1v) is 14.8. The fraction of sp³-hybridized carbons (Fsp3) is 0.900. The minimum absolute atomic E-state index is 0.250. The Bertz CT molecular complexity index is 364. The van der Waals surface area contributed by atoms with E-state index in [9.17, 15) is 4.79 Å². The van der Waals surface area contributed by atoms with Gasteiger partial charge in [0.2, 0.25) is 0 Å². The number of rotatable bonds is 23. The summed E-state index contributed by atoms with van der Waals surface area (Å²) in [6.45, 7) is 7.32. The number of carboxylic acids is 1. The quantitative estimate of drug-likeness (QED) is 0.0994. The first-order chi connectivity index (χ1) is 16.6. The summed E-state index contributed by atoms with van der Waals surface area (Å²) < 4.78 is 0. The molecule has 0 saturated carbocycles. The van der Waals surface area contributed by atoms with Crippen molar-refractivity contribution in [2.45, 2.75) is 162 Å². The number of hydrogen-bond donors (Lipinski definition) is 3. The van der Waals surface area contributed by atoms with E-state index in [1.165, 1.54) is 122 Å². The molecule has 0 aliphatic heterocycles. The number of hydrogen-bond acceptors (Lipinski definition) is 3. The minimum Gasteiger partial charge on any atom is -0.481 e. The van der Waals surface area contributed by atoms with E-state index in [0.29, 0.717) is 6.42 Å². The molecule has 0 atom stereocenters. The van der Waals surface area contributed by atoms with Crippen LogP contribution >= 0.6 is 0 Å². The molecule has 206 valence electrons. The first-order valence-electron chi connectivity index (χ1n) is 14.8. The summed E-state index contributed by atoms with van der Waals surface area (Å²) in [5, 5.41) is 16.1. The highest BCUT2D eigenvalue weighted by atomic mass is 16.4. The van der Waals surface area contributed by atoms with Gasteiger partial charge in [-0.05, 0) is 52.0 Å². The molecule has 0 aliphatic carbocycles. The summed E-state index contributed by atoms with van der Waals surface area (Å²) in [5.74, 6) is -0.664. The van der Waals surface area contributed by atoms with Gasteiger partial charge in [0, 0.05) is 13.0 Å². The molecule has 4 nitrogen and oxygen atoms in total. The van der Waals surface area contributed by atoms with E-state index in [-0.39, 0.29) is 6.61 Å². The highest BCUT2D eigenvalue weighted by molar-refractivity contribution is 5.66. The number of allylic oxidation sites excluding steroid dienone is 2. The molecule has 0 saturated heterocycles. The molecule has 0 spiro atoms. The van der Waals surface area contributed by atoms with E-state index in [1.807, 2.05) is 0 Å². The van der Waals surface area contributed by atoms with Crippen LogP contribution in [0, 0.1) is 0 Å². The summed E-state index contributed by atoms with van der Waals surface area (Å²) >= 11 is 0. The van der Waals surface area contributed by atoms with E-state index in [2.05, 4.69) is 26.0 Å². The summed E-state index contributed by atoms with van der Waals surface area (Å²) in [6, 6.07) is 0. The van der Waals surface area contributed by atoms with Crippen LogP contribution in [0.25, 0.3) is 0 Å². The van der Waals surface area contributed by atoms with Gasteiger partial charge in [0.05, 0.1) is 0 Å². The van der Waals surface area contributed by atoms with E-state index >= 15 is 0 Å². The Kier molecular flexibility index (Phi) is 43.6. The number of aliphatic carboxylic acids is 1. The summed E-state index contributed by atoms with van der Waals surface area (Å²) in [4.78, 5) is 10.3. The zero-order chi connectivity index (χ0) is 26.0. The number of unbranched alkanes of at least 4 members (excludes halogenated alkanes) is 18. The molecule has 0 aromatic heterocycles. The molecule has 34 heavy (non-hydrogen) atoms. The normalized spacial score (nSPS) is 10.5. The van der Waals surface area contributed by atoms with Crippen molar-refractivity contribution in [2.24, 2.45) is 5.73 Å². The van der Waals surface area contributed by atoms with E-state index in [4.69, 9.17) is 15.9 Å². The molecule has 4 heteroatoms. The van der Waals surface area contributed by atoms with Crippen LogP contribution < -0.4 is 5.73 Å². The van der Waals surface area contributed by atoms with Crippen molar-refractivity contribution in [3.8, 4) is 0 Å². The van der Waals surface area contributed by atoms with E-state index in [0.717, 1.165) is 19.4 Å². The topological polar surface area (TPSA) is 83.5 Å². The Balaban J connectivity index is -0.000000575. The van der Waals surface area contributed by atoms with Crippen molar-refractivity contribution >= 4 is 5.97 Å². The van der Waals surface area contributed by atoms with Crippen molar-refractivity contribution in [1.82, 2.24) is 0 Å². The van der Waals surface area contributed by atoms with Crippen LogP contribution in [0.2, 0.25) is 0 Å². The predicted octanol–water partition coefficient (Wildman–Crippen LogP) is 9.19. The lowest BCUT2D eigenvalue weighted by Gasteiger charge is -1.99. The van der Waals surface area contributed by atoms with E-state index < -0.39 is 5.97 Å². The van der Waals surface area contributed by atoms with Gasteiger partial charge >= 0.3 is 5.97 Å². The SMILES string of the molecule is CCCCCCCC/C=C\CCCCCCCC(=O)O.CCCCCCCCCCN.CCO. The molecule has 4 N–H and O–H groups in total. The average Bonchev–Trinajstić information content (AvgIpc) is 2.82. The smallest absolute Gasteiger partial charge is 0.303 e. The van der Waals surface area contributed by atoms with Crippen molar-refractivity contribution in [3.05, 3.63) is 12.2 Å². The third kappa shape index (κ3) is 48.5. The van der Waals surface area contributed by atoms with Crippen LogP contribution in [-0.4, -0.2) is 29.3 Å². The van der Waals surface area contributed by atoms with Crippen LogP contribution in [0.5, 0.6) is 0 Å². The van der Waals surface area contributed by atoms with Crippen molar-refractivity contribution in [3.63, 3.8) is 0 Å². The van der Waals surface area contributed by atoms with Gasteiger partial charge in [-0.1, -0.05) is 122 Å². The van der Waals surface area contributed by atoms with Gasteiger partial charge in [0.1, 0.15) is 0 Å². The van der Waals surface area contributed by atoms with Crippen molar-refractivity contribution < 1.29 is 15.0 Å². The molecule has 0 bridgehead atoms. The monoisotopic (exact) mass is 485 g/mol. The van der Waals surface area contributed by atoms with Gasteiger partial charge in [-0.3, -0.25) is 4.79 Å². The molecule has 0 amide bonds. The molecule has 0 heterocycles. The fourth-order valence-corrected chi connectivity index (χ4v) is 3.63. The lowest BCUT2D eigenvalue weighted by molar-refractivity contribution is -0.137. The summed E-state index contributed by atoms with van der Waals surface area (Å²) in [6.07, 6.45) is 32.2. The Morgan fingerprint density at radius 2 is 0.912 bits per heavy atom. The Hall–Kier alpha value is -0.870. The Labute approximate surface area is 214 Å². The maximum absolute atomic E-state index is 10.3. The predicted molar refractivity (Wildman–Crippen MR) is 152 cm³/mol. The second-order valence-corrected chi connectivity index (χ2v) is 9.31. The standard InChI is InChI=1S/C18H34O2.C10H23N.C2H6O/c1-2-3-4-5-6-7-8-9-10-11-12-13-14-15-16-17-18(19)20;1-2-3-4-5-6-7-8-9-10-11;1-2-3/h9-10H,2-8,11-17H2,1H3,(H,19,20);2-11H2,1H3;3H,2H2,1H3/b10-9-;;. The van der Waals surface area contributed by atoms with Crippen LogP contribution in [0.3, 0.4) is 0 Å². The second kappa shape index (κ2) is 39.3. The highest BCUT2D eigenvalue weighted by Gasteiger charge is 1.96. The zero-order valence-corrected chi connectivity index (χ0v) is 23.5. The van der Waals surface area contributed by atoms with Gasteiger partial charge in [-0.15, -0.1) is 0 Å². The number of carboxylic acid groups (broad SMARTS) is 1. The molecule has 0 unspecified atom stereocenters. The molecule has 0 aromatic rings. The molecular weight excluding hydrogens is 422 g/mol. The Morgan fingerprint density at radius 3 is 1.26 bits per heavy atom. The van der Waals surface area contributed by atoms with Gasteiger partial charge in [0.25, 0.3) is 0 Å². The van der Waals surface area contributed by atoms with E-state index in [1.54, 1.807) is 6.92 Å². The van der Waals surface area contributed by atoms with Crippen LogP contribution in [-0.2, 0) is 4.79 Å². The molecule has 0 aromatic carbocycles. The van der Waals surface area contributed by atoms with Crippen molar-refractivity contribution in [2.75, 3.05) is 13.2 Å². The third-order valence-corrected chi connectivity index (χ3v) is 5.71. The maximum atomic E-state index is 10.3. The average molecular weight is 486 g/mol. The van der Waals surface area contributed by atoms with Crippen LogP contribution in [0.4, 0.5) is 0 Å². The molecule has 0 rings (SSSR count). The minimum atomic E-state index is -0.664. The van der Waals surface area contributed by atoms with Gasteiger partial charge < -0.3 is 15.9 Å². The lowest BCUT2D eigenvalue weighted by atomic mass is 10.1. The third-order valence-electron chi connectivity index (χ3n) is 5.71. The van der Waals surface area contributed by atoms with Crippen LogP contribution in [0.15, 0.2) is 12.2 Å². The van der Waals surface area contributed by atoms with Crippen molar-refractivity contribution in [1.29, 1.82) is 0 Å². The van der Waals surface area contributed by atoms with Crippen LogP contribution in [0.1, 0.15) is 162 Å². The fourth-order valence-electron chi connectivity index (χ4n) is 3.63. The number of carbonyl (C=O) groups is 1. The molecule has 0 fully saturated rings. The molecular formula is C30H63NO3. The van der Waals surface area contributed by atoms with Gasteiger partial charge in [-0.25, -0.2) is 0 Å². The summed E-state index contributed by atoms with van der Waals surface area (Å²) in [7, 11) is 0. The zero-order valence-electron chi connectivity index (χ0n) is 23.5. The lowest BCUT2D eigenvalue weighted by Crippen LogP contribution is -1.97. The highest BCUT2D eigenvalue weighted by Crippen LogP contribution is 2.10. The van der Waals surface area contributed by atoms with Gasteiger partial charge in [0.15, 0.2) is 0 Å². The second-order valence-electron chi connectivity index (χ2n) is 9.31. The summed E-state index contributed by atoms with van der Waals surface area (Å²) in [5.41, 5.74) is 5.39. The number of nitrogens with two attached hydrogens (primary N) is 1. The number of aliphatic hydroxyl groups is 1. The largest absolute Gasteiger partial charge is 0.481 e. The van der Waals surface area contributed by atoms with Gasteiger partial charge in [-0.2, -0.15) is 0 Å². The number of aliphatic hydroxyl groups excluding tert-OH is 1. The molecule has 0 aliphatic rings.